The van der Waals surface area contributed by atoms with E-state index in [2.05, 4.69) is 42.8 Å². The van der Waals surface area contributed by atoms with Gasteiger partial charge >= 0.3 is 0 Å². The summed E-state index contributed by atoms with van der Waals surface area (Å²) in [6, 6.07) is 3.87. The first-order chi connectivity index (χ1) is 14.9. The minimum absolute atomic E-state index is 0.166. The van der Waals surface area contributed by atoms with Crippen molar-refractivity contribution in [1.82, 2.24) is 15.0 Å². The van der Waals surface area contributed by atoms with Crippen molar-refractivity contribution in [3.05, 3.63) is 60.6 Å². The standard InChI is InChI=1S/C6H10N2O.C6H6N2O.C5H6N2.C2H5FO.C2H2/c1-4-3-5(2)9-6(7)8-4;9-5-8-6-1-3-7-4-2-6;1-5-4-6-2-3-7-5;1-4-2-3;1-2/h3-4H,1-2H3,(H2,7,8);1-5H,(H,7,8,9);2-4H,1H3;2H2,1H3;1-2H/t4-;;;;/m0..../s1. The van der Waals surface area contributed by atoms with E-state index in [1.807, 2.05) is 26.8 Å². The Morgan fingerprint density at radius 3 is 2.19 bits per heavy atom. The van der Waals surface area contributed by atoms with Crippen LogP contribution in [-0.2, 0) is 14.3 Å². The number of amidine groups is 1. The van der Waals surface area contributed by atoms with Gasteiger partial charge in [-0.25, -0.2) is 9.38 Å². The van der Waals surface area contributed by atoms with Crippen LogP contribution in [0.25, 0.3) is 0 Å². The van der Waals surface area contributed by atoms with Crippen LogP contribution in [0.1, 0.15) is 19.5 Å². The number of nitrogens with zero attached hydrogens (tertiary/aromatic N) is 4. The molecular formula is C21H29FN6O3. The molecule has 3 N–H and O–H groups in total. The van der Waals surface area contributed by atoms with Crippen LogP contribution in [0, 0.1) is 19.8 Å². The van der Waals surface area contributed by atoms with Gasteiger partial charge in [-0.2, -0.15) is 0 Å². The van der Waals surface area contributed by atoms with Gasteiger partial charge in [0, 0.05) is 43.8 Å². The first kappa shape index (κ1) is 29.4. The fourth-order valence-electron chi connectivity index (χ4n) is 1.69. The molecule has 31 heavy (non-hydrogen) atoms. The van der Waals surface area contributed by atoms with Crippen LogP contribution in [0.4, 0.5) is 10.1 Å². The number of aliphatic imine (C=N–C) groups is 1. The number of ether oxygens (including phenoxy) is 2. The van der Waals surface area contributed by atoms with E-state index in [0.29, 0.717) is 6.41 Å². The zero-order chi connectivity index (χ0) is 23.9. The predicted octanol–water partition coefficient (Wildman–Crippen LogP) is 2.87. The second kappa shape index (κ2) is 20.9. The van der Waals surface area contributed by atoms with Crippen LogP contribution >= 0.6 is 0 Å². The molecule has 1 aliphatic rings. The van der Waals surface area contributed by atoms with E-state index < -0.39 is 6.86 Å². The second-order valence-corrected chi connectivity index (χ2v) is 5.33. The quantitative estimate of drug-likeness (QED) is 0.564. The van der Waals surface area contributed by atoms with Gasteiger partial charge in [-0.15, -0.1) is 12.8 Å². The molecule has 0 saturated heterocycles. The highest BCUT2D eigenvalue weighted by atomic mass is 19.1. The smallest absolute Gasteiger partial charge is 0.287 e. The lowest BCUT2D eigenvalue weighted by Crippen LogP contribution is -2.21. The summed E-state index contributed by atoms with van der Waals surface area (Å²) in [5.41, 5.74) is 7.03. The van der Waals surface area contributed by atoms with E-state index in [9.17, 15) is 9.18 Å². The van der Waals surface area contributed by atoms with E-state index in [1.165, 1.54) is 7.11 Å². The van der Waals surface area contributed by atoms with Gasteiger partial charge in [-0.1, -0.05) is 0 Å². The number of anilines is 1. The van der Waals surface area contributed by atoms with E-state index in [0.717, 1.165) is 17.1 Å². The number of nitrogens with two attached hydrogens (primary N) is 1. The van der Waals surface area contributed by atoms with Gasteiger partial charge in [0.05, 0.1) is 11.7 Å². The van der Waals surface area contributed by atoms with Crippen LogP contribution < -0.4 is 11.1 Å². The lowest BCUT2D eigenvalue weighted by atomic mass is 10.3. The van der Waals surface area contributed by atoms with Crippen LogP contribution in [0.3, 0.4) is 0 Å². The van der Waals surface area contributed by atoms with Crippen LogP contribution in [0.5, 0.6) is 0 Å². The first-order valence-corrected chi connectivity index (χ1v) is 8.83. The summed E-state index contributed by atoms with van der Waals surface area (Å²) in [6.07, 6.45) is 18.8. The number of carbonyl (C=O) groups is 1. The largest absolute Gasteiger partial charge is 0.431 e. The Hall–Kier alpha value is -3.84. The number of amides is 1. The molecule has 1 amide bonds. The number of allylic oxidation sites excluding steroid dienone is 1. The highest BCUT2D eigenvalue weighted by Crippen LogP contribution is 2.06. The fraction of sp³-hybridized carbons (Fsp3) is 0.286. The molecule has 0 aliphatic carbocycles. The molecule has 0 radical (unpaired) electrons. The number of pyridine rings is 1. The van der Waals surface area contributed by atoms with Gasteiger partial charge in [-0.05, 0) is 39.0 Å². The number of rotatable bonds is 3. The van der Waals surface area contributed by atoms with Crippen molar-refractivity contribution >= 4 is 18.1 Å². The van der Waals surface area contributed by atoms with Crippen molar-refractivity contribution in [2.24, 2.45) is 10.7 Å². The van der Waals surface area contributed by atoms with Crippen molar-refractivity contribution in [2.45, 2.75) is 26.8 Å². The molecule has 1 aliphatic heterocycles. The average Bonchev–Trinajstić information content (AvgIpc) is 2.77. The molecule has 3 rings (SSSR count). The number of hydrogen-bond acceptors (Lipinski definition) is 8. The van der Waals surface area contributed by atoms with E-state index in [1.54, 1.807) is 43.1 Å². The van der Waals surface area contributed by atoms with E-state index >= 15 is 0 Å². The van der Waals surface area contributed by atoms with E-state index in [-0.39, 0.29) is 12.1 Å². The van der Waals surface area contributed by atoms with Gasteiger partial charge in [0.2, 0.25) is 6.41 Å². The van der Waals surface area contributed by atoms with Crippen molar-refractivity contribution in [1.29, 1.82) is 0 Å². The summed E-state index contributed by atoms with van der Waals surface area (Å²) in [6.45, 7) is 5.05. The van der Waals surface area contributed by atoms with Gasteiger partial charge in [0.1, 0.15) is 5.76 Å². The second-order valence-electron chi connectivity index (χ2n) is 5.33. The zero-order valence-electron chi connectivity index (χ0n) is 18.1. The number of aromatic nitrogens is 3. The number of aryl methyl sites for hydroxylation is 1. The molecule has 3 heterocycles. The van der Waals surface area contributed by atoms with Crippen molar-refractivity contribution < 1.29 is 18.7 Å². The number of hydrogen-bond donors (Lipinski definition) is 2. The Bertz CT molecular complexity index is 750. The first-order valence-electron chi connectivity index (χ1n) is 8.83. The van der Waals surface area contributed by atoms with Gasteiger partial charge in [0.25, 0.3) is 6.02 Å². The number of methoxy groups -OCH3 is 1. The normalized spacial score (nSPS) is 13.1. The third-order valence-corrected chi connectivity index (χ3v) is 2.78. The Labute approximate surface area is 182 Å². The Balaban J connectivity index is 0. The average molecular weight is 432 g/mol. The van der Waals surface area contributed by atoms with Gasteiger partial charge < -0.3 is 20.5 Å². The minimum atomic E-state index is -0.681. The summed E-state index contributed by atoms with van der Waals surface area (Å²) in [7, 11) is 1.31. The highest BCUT2D eigenvalue weighted by molar-refractivity contribution is 5.73. The third-order valence-electron chi connectivity index (χ3n) is 2.78. The molecule has 9 nitrogen and oxygen atoms in total. The maximum atomic E-state index is 10.5. The summed E-state index contributed by atoms with van der Waals surface area (Å²) in [5.74, 6) is 0.829. The van der Waals surface area contributed by atoms with Gasteiger partial charge in [0.15, 0.2) is 6.86 Å². The molecule has 0 unspecified atom stereocenters. The predicted molar refractivity (Wildman–Crippen MR) is 119 cm³/mol. The highest BCUT2D eigenvalue weighted by Gasteiger charge is 2.06. The summed E-state index contributed by atoms with van der Waals surface area (Å²) < 4.78 is 19.3. The Kier molecular flexibility index (Phi) is 19.8. The summed E-state index contributed by atoms with van der Waals surface area (Å²) in [4.78, 5) is 25.3. The number of nitrogens with one attached hydrogen (secondary N) is 1. The summed E-state index contributed by atoms with van der Waals surface area (Å²) in [5, 5.41) is 2.49. The lowest BCUT2D eigenvalue weighted by Gasteiger charge is -2.12. The number of alkyl halides is 1. The van der Waals surface area contributed by atoms with Crippen molar-refractivity contribution in [3.63, 3.8) is 0 Å². The molecule has 0 aromatic carbocycles. The fourth-order valence-corrected chi connectivity index (χ4v) is 1.69. The van der Waals surface area contributed by atoms with Crippen molar-refractivity contribution in [3.8, 4) is 12.8 Å². The SMILES string of the molecule is C#C.CC1=C[C@H](C)N=C(N)O1.COCF.Cc1cnccn1.O=CNc1ccncc1. The maximum absolute atomic E-state index is 10.5. The summed E-state index contributed by atoms with van der Waals surface area (Å²) >= 11 is 0. The van der Waals surface area contributed by atoms with E-state index in [4.69, 9.17) is 10.5 Å². The lowest BCUT2D eigenvalue weighted by molar-refractivity contribution is -0.105. The van der Waals surface area contributed by atoms with Crippen LogP contribution in [-0.4, -0.2) is 47.4 Å². The van der Waals surface area contributed by atoms with Crippen LogP contribution in [0.2, 0.25) is 0 Å². The third kappa shape index (κ3) is 19.3. The number of carbonyl (C=O) groups excluding carboxylic acids is 1. The molecule has 0 spiro atoms. The molecule has 0 fully saturated rings. The molecule has 2 aromatic heterocycles. The molecule has 0 bridgehead atoms. The zero-order valence-corrected chi connectivity index (χ0v) is 18.1. The Morgan fingerprint density at radius 1 is 1.23 bits per heavy atom. The number of halogens is 1. The maximum Gasteiger partial charge on any atom is 0.287 e. The van der Waals surface area contributed by atoms with Crippen LogP contribution in [0.15, 0.2) is 59.9 Å². The Morgan fingerprint density at radius 2 is 1.84 bits per heavy atom. The molecule has 2 aromatic rings. The van der Waals surface area contributed by atoms with Crippen molar-refractivity contribution in [2.75, 3.05) is 19.3 Å². The number of terminal acetylenes is 1. The topological polar surface area (TPSA) is 125 Å². The molecule has 168 valence electrons. The molecule has 10 heteroatoms. The van der Waals surface area contributed by atoms with Gasteiger partial charge in [-0.3, -0.25) is 19.7 Å². The molecule has 1 atom stereocenters. The molecule has 0 saturated carbocycles. The monoisotopic (exact) mass is 432 g/mol. The minimum Gasteiger partial charge on any atom is -0.431 e. The molecular weight excluding hydrogens is 403 g/mol.